The molecular weight excluding hydrogens is 137 g/mol. The number of alkyl halides is 1. The largest absolute Gasteiger partial charge is 0.480 e. The van der Waals surface area contributed by atoms with Crippen LogP contribution in [0.4, 0.5) is 4.39 Å². The average molecular weight is 147 g/mol. The van der Waals surface area contributed by atoms with Gasteiger partial charge in [-0.15, -0.1) is 0 Å². The minimum absolute atomic E-state index is 0.261. The molecule has 0 aromatic heterocycles. The van der Waals surface area contributed by atoms with Gasteiger partial charge in [0.25, 0.3) is 0 Å². The molecule has 0 radical (unpaired) electrons. The highest BCUT2D eigenvalue weighted by Gasteiger charge is 2.33. The Hall–Kier alpha value is -0.640. The second-order valence-electron chi connectivity index (χ2n) is 2.37. The number of nitrogens with zero attached hydrogens (tertiary/aromatic N) is 1. The molecule has 0 amide bonds. The number of likely N-dealkylation sites (tertiary alicyclic amines) is 1. The Bertz CT molecular complexity index is 140. The van der Waals surface area contributed by atoms with Gasteiger partial charge >= 0.3 is 5.97 Å². The van der Waals surface area contributed by atoms with E-state index in [1.54, 1.807) is 4.90 Å². The molecule has 1 aliphatic heterocycles. The second-order valence-corrected chi connectivity index (χ2v) is 2.37. The van der Waals surface area contributed by atoms with Crippen molar-refractivity contribution in [1.29, 1.82) is 0 Å². The zero-order chi connectivity index (χ0) is 7.56. The SMILES string of the molecule is O=C(O)[C@@H]1CCN1CCF. The van der Waals surface area contributed by atoms with Crippen molar-refractivity contribution < 1.29 is 14.3 Å². The van der Waals surface area contributed by atoms with E-state index in [-0.39, 0.29) is 6.54 Å². The Morgan fingerprint density at radius 1 is 1.80 bits per heavy atom. The third kappa shape index (κ3) is 1.26. The lowest BCUT2D eigenvalue weighted by Crippen LogP contribution is -2.52. The summed E-state index contributed by atoms with van der Waals surface area (Å²) in [4.78, 5) is 11.9. The number of carbonyl (C=O) groups is 1. The zero-order valence-corrected chi connectivity index (χ0v) is 5.59. The maximum atomic E-state index is 11.7. The fraction of sp³-hybridized carbons (Fsp3) is 0.833. The maximum absolute atomic E-state index is 11.7. The Morgan fingerprint density at radius 2 is 2.50 bits per heavy atom. The molecule has 4 heteroatoms. The molecule has 0 saturated carbocycles. The standard InChI is InChI=1S/C6H10FNO2/c7-2-4-8-3-1-5(8)6(9)10/h5H,1-4H2,(H,9,10)/t5-/m0/s1. The maximum Gasteiger partial charge on any atom is 0.320 e. The van der Waals surface area contributed by atoms with Gasteiger partial charge < -0.3 is 5.11 Å². The fourth-order valence-electron chi connectivity index (χ4n) is 1.10. The van der Waals surface area contributed by atoms with Crippen LogP contribution in [0.25, 0.3) is 0 Å². The van der Waals surface area contributed by atoms with Gasteiger partial charge in [0, 0.05) is 13.1 Å². The molecule has 1 saturated heterocycles. The van der Waals surface area contributed by atoms with Crippen molar-refractivity contribution in [2.75, 3.05) is 19.8 Å². The monoisotopic (exact) mass is 147 g/mol. The van der Waals surface area contributed by atoms with Crippen LogP contribution >= 0.6 is 0 Å². The lowest BCUT2D eigenvalue weighted by Gasteiger charge is -2.36. The lowest BCUT2D eigenvalue weighted by molar-refractivity contribution is -0.148. The van der Waals surface area contributed by atoms with Crippen LogP contribution in [0.15, 0.2) is 0 Å². The molecule has 1 atom stereocenters. The number of halogens is 1. The summed E-state index contributed by atoms with van der Waals surface area (Å²) in [6.07, 6.45) is 0.662. The van der Waals surface area contributed by atoms with Gasteiger partial charge in [0.2, 0.25) is 0 Å². The molecule has 0 unspecified atom stereocenters. The van der Waals surface area contributed by atoms with Crippen molar-refractivity contribution in [2.45, 2.75) is 12.5 Å². The normalized spacial score (nSPS) is 25.9. The van der Waals surface area contributed by atoms with Gasteiger partial charge in [-0.3, -0.25) is 9.69 Å². The summed E-state index contributed by atoms with van der Waals surface area (Å²) in [5.74, 6) is -0.834. The summed E-state index contributed by atoms with van der Waals surface area (Å²) >= 11 is 0. The third-order valence-electron chi connectivity index (χ3n) is 1.79. The van der Waals surface area contributed by atoms with Gasteiger partial charge in [-0.25, -0.2) is 4.39 Å². The number of carboxylic acids is 1. The van der Waals surface area contributed by atoms with Crippen LogP contribution in [0.3, 0.4) is 0 Å². The van der Waals surface area contributed by atoms with E-state index in [1.807, 2.05) is 0 Å². The summed E-state index contributed by atoms with van der Waals surface area (Å²) in [5, 5.41) is 8.47. The first-order valence-electron chi connectivity index (χ1n) is 3.28. The van der Waals surface area contributed by atoms with Gasteiger partial charge in [-0.05, 0) is 6.42 Å². The van der Waals surface area contributed by atoms with Crippen molar-refractivity contribution in [2.24, 2.45) is 0 Å². The molecule has 1 heterocycles. The van der Waals surface area contributed by atoms with Crippen LogP contribution in [0.1, 0.15) is 6.42 Å². The molecule has 0 aliphatic carbocycles. The Kier molecular flexibility index (Phi) is 2.21. The van der Waals surface area contributed by atoms with Gasteiger partial charge in [-0.1, -0.05) is 0 Å². The van der Waals surface area contributed by atoms with Crippen LogP contribution in [-0.4, -0.2) is 41.8 Å². The highest BCUT2D eigenvalue weighted by Crippen LogP contribution is 2.16. The van der Waals surface area contributed by atoms with E-state index in [0.29, 0.717) is 6.42 Å². The van der Waals surface area contributed by atoms with E-state index in [4.69, 9.17) is 5.11 Å². The molecule has 1 aliphatic rings. The predicted octanol–water partition coefficient (Wildman–Crippen LogP) is 0.115. The average Bonchev–Trinajstić information content (AvgIpc) is 1.78. The van der Waals surface area contributed by atoms with Crippen molar-refractivity contribution in [1.82, 2.24) is 4.90 Å². The predicted molar refractivity (Wildman–Crippen MR) is 33.6 cm³/mol. The number of aliphatic carboxylic acids is 1. The quantitative estimate of drug-likeness (QED) is 0.616. The summed E-state index contributed by atoms with van der Waals surface area (Å²) < 4.78 is 11.7. The zero-order valence-electron chi connectivity index (χ0n) is 5.59. The minimum Gasteiger partial charge on any atom is -0.480 e. The molecule has 0 bridgehead atoms. The van der Waals surface area contributed by atoms with Crippen LogP contribution in [0, 0.1) is 0 Å². The van der Waals surface area contributed by atoms with Crippen LogP contribution in [-0.2, 0) is 4.79 Å². The second kappa shape index (κ2) is 2.96. The van der Waals surface area contributed by atoms with Gasteiger partial charge in [-0.2, -0.15) is 0 Å². The van der Waals surface area contributed by atoms with Crippen LogP contribution in [0.5, 0.6) is 0 Å². The lowest BCUT2D eigenvalue weighted by atomic mass is 10.0. The number of hydrogen-bond donors (Lipinski definition) is 1. The van der Waals surface area contributed by atoms with Crippen molar-refractivity contribution in [3.05, 3.63) is 0 Å². The number of carboxylic acid groups (broad SMARTS) is 1. The smallest absolute Gasteiger partial charge is 0.320 e. The Balaban J connectivity index is 2.28. The summed E-state index contributed by atoms with van der Waals surface area (Å²) in [5.41, 5.74) is 0. The van der Waals surface area contributed by atoms with E-state index < -0.39 is 18.7 Å². The van der Waals surface area contributed by atoms with E-state index in [9.17, 15) is 9.18 Å². The molecule has 58 valence electrons. The molecular formula is C6H10FNO2. The van der Waals surface area contributed by atoms with Gasteiger partial charge in [0.15, 0.2) is 0 Å². The molecule has 0 spiro atoms. The summed E-state index contributed by atoms with van der Waals surface area (Å²) in [6, 6.07) is -0.421. The van der Waals surface area contributed by atoms with Gasteiger partial charge in [0.05, 0.1) is 0 Å². The first-order valence-corrected chi connectivity index (χ1v) is 3.28. The van der Waals surface area contributed by atoms with E-state index in [1.165, 1.54) is 0 Å². The first kappa shape index (κ1) is 7.47. The van der Waals surface area contributed by atoms with Crippen molar-refractivity contribution >= 4 is 5.97 Å². The number of hydrogen-bond acceptors (Lipinski definition) is 2. The van der Waals surface area contributed by atoms with Crippen molar-refractivity contribution in [3.8, 4) is 0 Å². The van der Waals surface area contributed by atoms with E-state index in [2.05, 4.69) is 0 Å². The molecule has 3 nitrogen and oxygen atoms in total. The minimum atomic E-state index is -0.834. The molecule has 10 heavy (non-hydrogen) atoms. The van der Waals surface area contributed by atoms with Gasteiger partial charge in [0.1, 0.15) is 12.7 Å². The van der Waals surface area contributed by atoms with Crippen LogP contribution < -0.4 is 0 Å². The summed E-state index contributed by atoms with van der Waals surface area (Å²) in [6.45, 7) is 0.529. The molecule has 1 N–H and O–H groups in total. The Morgan fingerprint density at radius 3 is 2.80 bits per heavy atom. The molecule has 1 fully saturated rings. The highest BCUT2D eigenvalue weighted by molar-refractivity contribution is 5.74. The van der Waals surface area contributed by atoms with E-state index in [0.717, 1.165) is 6.54 Å². The van der Waals surface area contributed by atoms with Crippen LogP contribution in [0.2, 0.25) is 0 Å². The number of rotatable bonds is 3. The first-order chi connectivity index (χ1) is 4.75. The Labute approximate surface area is 58.4 Å². The fourth-order valence-corrected chi connectivity index (χ4v) is 1.10. The summed E-state index contributed by atoms with van der Waals surface area (Å²) in [7, 11) is 0. The third-order valence-corrected chi connectivity index (χ3v) is 1.79. The van der Waals surface area contributed by atoms with Crippen molar-refractivity contribution in [3.63, 3.8) is 0 Å². The topological polar surface area (TPSA) is 40.5 Å². The van der Waals surface area contributed by atoms with E-state index >= 15 is 0 Å². The molecule has 1 rings (SSSR count). The molecule has 0 aromatic carbocycles. The highest BCUT2D eigenvalue weighted by atomic mass is 19.1. The molecule has 0 aromatic rings.